The van der Waals surface area contributed by atoms with Crippen molar-refractivity contribution in [3.8, 4) is 0 Å². The molecule has 0 bridgehead atoms. The molecule has 1 rings (SSSR count). The van der Waals surface area contributed by atoms with Crippen molar-refractivity contribution in [3.05, 3.63) is 35.4 Å². The first-order chi connectivity index (χ1) is 7.69. The molecule has 1 aromatic rings. The van der Waals surface area contributed by atoms with Gasteiger partial charge in [-0.3, -0.25) is 4.79 Å². The van der Waals surface area contributed by atoms with E-state index >= 15 is 0 Å². The quantitative estimate of drug-likeness (QED) is 0.651. The Morgan fingerprint density at radius 3 is 2.19 bits per heavy atom. The standard InChI is InChI=1S/C9H10ClNO.C3H10Si/c1-11-9(12)8-4-2-7(6-10)3-5-8;1-2-3-4/h2-5H,6H2,1H3,(H,11,12);2-3H2,1,4H3. The SMILES string of the molecule is CCC[SiH3].CNC(=O)c1ccc(CCl)cc1. The van der Waals surface area contributed by atoms with Crippen LogP contribution in [0.3, 0.4) is 0 Å². The van der Waals surface area contributed by atoms with Gasteiger partial charge in [0, 0.05) is 28.7 Å². The zero-order chi connectivity index (χ0) is 12.4. The molecule has 1 aromatic carbocycles. The number of amides is 1. The van der Waals surface area contributed by atoms with Crippen LogP contribution in [0.2, 0.25) is 6.04 Å². The summed E-state index contributed by atoms with van der Waals surface area (Å²) in [5, 5.41) is 2.55. The Hall–Kier alpha value is -0.803. The molecule has 0 aliphatic heterocycles. The van der Waals surface area contributed by atoms with E-state index in [4.69, 9.17) is 11.6 Å². The molecule has 1 amide bonds. The number of carbonyl (C=O) groups is 1. The summed E-state index contributed by atoms with van der Waals surface area (Å²) in [5.74, 6) is 0.407. The van der Waals surface area contributed by atoms with Crippen molar-refractivity contribution >= 4 is 27.8 Å². The van der Waals surface area contributed by atoms with Crippen molar-refractivity contribution in [2.45, 2.75) is 25.3 Å². The minimum atomic E-state index is -0.0730. The molecule has 1 N–H and O–H groups in total. The summed E-state index contributed by atoms with van der Waals surface area (Å²) in [5.41, 5.74) is 1.68. The van der Waals surface area contributed by atoms with E-state index in [0.29, 0.717) is 11.4 Å². The van der Waals surface area contributed by atoms with Gasteiger partial charge in [0.25, 0.3) is 5.91 Å². The van der Waals surface area contributed by atoms with Crippen LogP contribution in [0, 0.1) is 0 Å². The maximum absolute atomic E-state index is 11.1. The van der Waals surface area contributed by atoms with Crippen LogP contribution in [0.25, 0.3) is 0 Å². The zero-order valence-electron chi connectivity index (χ0n) is 10.2. The van der Waals surface area contributed by atoms with E-state index in [9.17, 15) is 4.79 Å². The van der Waals surface area contributed by atoms with Crippen LogP contribution in [0.5, 0.6) is 0 Å². The van der Waals surface area contributed by atoms with Crippen molar-refractivity contribution in [1.82, 2.24) is 5.32 Å². The van der Waals surface area contributed by atoms with Gasteiger partial charge in [0.1, 0.15) is 0 Å². The fourth-order valence-corrected chi connectivity index (χ4v) is 1.07. The third-order valence-corrected chi connectivity index (χ3v) is 3.41. The second-order valence-electron chi connectivity index (χ2n) is 3.41. The highest BCUT2D eigenvalue weighted by molar-refractivity contribution is 6.17. The minimum absolute atomic E-state index is 0.0730. The number of rotatable bonds is 3. The van der Waals surface area contributed by atoms with Crippen molar-refractivity contribution in [3.63, 3.8) is 0 Å². The summed E-state index contributed by atoms with van der Waals surface area (Å²) in [6.45, 7) is 2.22. The van der Waals surface area contributed by atoms with Gasteiger partial charge >= 0.3 is 0 Å². The molecule has 0 unspecified atom stereocenters. The first kappa shape index (κ1) is 15.2. The van der Waals surface area contributed by atoms with Gasteiger partial charge in [-0.1, -0.05) is 31.5 Å². The predicted octanol–water partition coefficient (Wildman–Crippen LogP) is 1.97. The van der Waals surface area contributed by atoms with Crippen molar-refractivity contribution in [1.29, 1.82) is 0 Å². The van der Waals surface area contributed by atoms with Gasteiger partial charge in [-0.15, -0.1) is 11.6 Å². The molecule has 0 atom stereocenters. The van der Waals surface area contributed by atoms with E-state index in [1.54, 1.807) is 19.2 Å². The highest BCUT2D eigenvalue weighted by Crippen LogP contribution is 2.06. The zero-order valence-corrected chi connectivity index (χ0v) is 13.0. The normalized spacial score (nSPS) is 9.19. The Morgan fingerprint density at radius 2 is 1.88 bits per heavy atom. The van der Waals surface area contributed by atoms with E-state index in [1.807, 2.05) is 12.1 Å². The summed E-state index contributed by atoms with van der Waals surface area (Å²) in [4.78, 5) is 11.1. The third kappa shape index (κ3) is 5.93. The second-order valence-corrected chi connectivity index (χ2v) is 4.68. The summed E-state index contributed by atoms with van der Waals surface area (Å²) in [7, 11) is 3.00. The lowest BCUT2D eigenvalue weighted by atomic mass is 10.1. The topological polar surface area (TPSA) is 29.1 Å². The predicted molar refractivity (Wildman–Crippen MR) is 74.4 cm³/mol. The van der Waals surface area contributed by atoms with Crippen LogP contribution in [0.1, 0.15) is 29.3 Å². The average Bonchev–Trinajstić information content (AvgIpc) is 2.38. The van der Waals surface area contributed by atoms with Crippen LogP contribution < -0.4 is 5.32 Å². The van der Waals surface area contributed by atoms with Gasteiger partial charge in [0.2, 0.25) is 0 Å². The molecule has 0 saturated carbocycles. The number of alkyl halides is 1. The van der Waals surface area contributed by atoms with E-state index in [0.717, 1.165) is 5.56 Å². The first-order valence-electron chi connectivity index (χ1n) is 5.56. The molecule has 2 nitrogen and oxygen atoms in total. The highest BCUT2D eigenvalue weighted by Gasteiger charge is 2.00. The third-order valence-electron chi connectivity index (χ3n) is 2.10. The molecule has 0 heterocycles. The number of hydrogen-bond acceptors (Lipinski definition) is 1. The molecule has 0 radical (unpaired) electrons. The van der Waals surface area contributed by atoms with Crippen molar-refractivity contribution in [2.75, 3.05) is 7.05 Å². The Kier molecular flexibility index (Phi) is 8.95. The summed E-state index contributed by atoms with van der Waals surface area (Å²) < 4.78 is 0. The summed E-state index contributed by atoms with van der Waals surface area (Å²) in [6, 6.07) is 8.67. The van der Waals surface area contributed by atoms with Gasteiger partial charge in [-0.05, 0) is 17.7 Å². The molecule has 0 aliphatic rings. The lowest BCUT2D eigenvalue weighted by Crippen LogP contribution is -2.17. The Balaban J connectivity index is 0.000000487. The number of halogens is 1. The van der Waals surface area contributed by atoms with Crippen molar-refractivity contribution in [2.24, 2.45) is 0 Å². The van der Waals surface area contributed by atoms with Gasteiger partial charge < -0.3 is 5.32 Å². The van der Waals surface area contributed by atoms with E-state index in [2.05, 4.69) is 12.2 Å². The fraction of sp³-hybridized carbons (Fsp3) is 0.417. The lowest BCUT2D eigenvalue weighted by molar-refractivity contribution is 0.0963. The van der Waals surface area contributed by atoms with E-state index in [-0.39, 0.29) is 5.91 Å². The smallest absolute Gasteiger partial charge is 0.251 e. The Bertz CT molecular complexity index is 298. The molecule has 0 saturated heterocycles. The van der Waals surface area contributed by atoms with Gasteiger partial charge in [0.15, 0.2) is 0 Å². The molecule has 90 valence electrons. The first-order valence-corrected chi connectivity index (χ1v) is 7.51. The van der Waals surface area contributed by atoms with E-state index < -0.39 is 0 Å². The van der Waals surface area contributed by atoms with Crippen LogP contribution in [0.4, 0.5) is 0 Å². The molecule has 4 heteroatoms. The molecule has 0 fully saturated rings. The largest absolute Gasteiger partial charge is 0.355 e. The molecule has 0 spiro atoms. The number of hydrogen-bond donors (Lipinski definition) is 1. The Morgan fingerprint density at radius 1 is 1.38 bits per heavy atom. The van der Waals surface area contributed by atoms with Crippen LogP contribution >= 0.6 is 11.6 Å². The van der Waals surface area contributed by atoms with Gasteiger partial charge in [-0.2, -0.15) is 0 Å². The summed E-state index contributed by atoms with van der Waals surface area (Å²) >= 11 is 5.59. The molecular formula is C12H20ClNOSi. The Labute approximate surface area is 106 Å². The second kappa shape index (κ2) is 9.42. The molecule has 0 aromatic heterocycles. The lowest BCUT2D eigenvalue weighted by Gasteiger charge is -1.99. The van der Waals surface area contributed by atoms with Crippen LogP contribution in [-0.4, -0.2) is 23.2 Å². The fourth-order valence-electron chi connectivity index (χ4n) is 0.890. The average molecular weight is 258 g/mol. The maximum Gasteiger partial charge on any atom is 0.251 e. The minimum Gasteiger partial charge on any atom is -0.355 e. The number of benzene rings is 1. The van der Waals surface area contributed by atoms with Crippen LogP contribution in [0.15, 0.2) is 24.3 Å². The van der Waals surface area contributed by atoms with Crippen molar-refractivity contribution < 1.29 is 4.79 Å². The molecular weight excluding hydrogens is 238 g/mol. The molecule has 16 heavy (non-hydrogen) atoms. The van der Waals surface area contributed by atoms with Gasteiger partial charge in [-0.25, -0.2) is 0 Å². The molecule has 0 aliphatic carbocycles. The van der Waals surface area contributed by atoms with Crippen LogP contribution in [-0.2, 0) is 5.88 Å². The number of nitrogens with one attached hydrogen (secondary N) is 1. The van der Waals surface area contributed by atoms with E-state index in [1.165, 1.54) is 22.7 Å². The highest BCUT2D eigenvalue weighted by atomic mass is 35.5. The number of carbonyl (C=O) groups excluding carboxylic acids is 1. The monoisotopic (exact) mass is 257 g/mol. The maximum atomic E-state index is 11.1. The van der Waals surface area contributed by atoms with Gasteiger partial charge in [0.05, 0.1) is 0 Å². The summed E-state index contributed by atoms with van der Waals surface area (Å²) in [6.07, 6.45) is 1.38.